The second-order valence-electron chi connectivity index (χ2n) is 4.82. The fraction of sp³-hybridized carbons (Fsp3) is 0.357. The van der Waals surface area contributed by atoms with E-state index in [2.05, 4.69) is 9.97 Å². The molecule has 0 aliphatic rings. The van der Waals surface area contributed by atoms with Crippen molar-refractivity contribution >= 4 is 17.3 Å². The molecule has 0 unspecified atom stereocenters. The van der Waals surface area contributed by atoms with Crippen LogP contribution in [-0.4, -0.2) is 23.0 Å². The molecule has 0 saturated carbocycles. The summed E-state index contributed by atoms with van der Waals surface area (Å²) in [6.45, 7) is 5.61. The fourth-order valence-corrected chi connectivity index (χ4v) is 2.79. The van der Waals surface area contributed by atoms with Crippen LogP contribution >= 0.6 is 11.3 Å². The highest BCUT2D eigenvalue weighted by atomic mass is 32.1. The summed E-state index contributed by atoms with van der Waals surface area (Å²) in [5, 5.41) is 2.71. The molecule has 5 heteroatoms. The predicted molar refractivity (Wildman–Crippen MR) is 75.1 cm³/mol. The molecule has 0 saturated heterocycles. The van der Waals surface area contributed by atoms with Crippen LogP contribution in [0.2, 0.25) is 0 Å². The van der Waals surface area contributed by atoms with Crippen molar-refractivity contribution in [1.29, 1.82) is 0 Å². The Balaban J connectivity index is 2.40. The third-order valence-electron chi connectivity index (χ3n) is 3.05. The lowest BCUT2D eigenvalue weighted by molar-refractivity contribution is -0.146. The molecule has 2 aromatic rings. The van der Waals surface area contributed by atoms with Crippen molar-refractivity contribution in [3.05, 3.63) is 35.0 Å². The standard InChI is InChI=1S/C14H16N2O2S/c1-9-6-5-7-15-11(9)12-16-10(8-19-12)14(2,3)13(17)18-4/h5-8H,1-4H3. The first-order valence-electron chi connectivity index (χ1n) is 5.93. The lowest BCUT2D eigenvalue weighted by atomic mass is 9.90. The van der Waals surface area contributed by atoms with Gasteiger partial charge in [-0.25, -0.2) is 4.98 Å². The zero-order valence-electron chi connectivity index (χ0n) is 11.4. The summed E-state index contributed by atoms with van der Waals surface area (Å²) < 4.78 is 4.82. The van der Waals surface area contributed by atoms with Crippen LogP contribution in [0.3, 0.4) is 0 Å². The summed E-state index contributed by atoms with van der Waals surface area (Å²) in [4.78, 5) is 20.7. The first-order valence-corrected chi connectivity index (χ1v) is 6.81. The molecule has 0 aromatic carbocycles. The molecule has 2 rings (SSSR count). The molecule has 0 atom stereocenters. The molecule has 0 aliphatic carbocycles. The van der Waals surface area contributed by atoms with Gasteiger partial charge in [-0.05, 0) is 32.4 Å². The van der Waals surface area contributed by atoms with E-state index in [0.29, 0.717) is 5.69 Å². The quantitative estimate of drug-likeness (QED) is 0.809. The number of nitrogens with zero attached hydrogens (tertiary/aromatic N) is 2. The van der Waals surface area contributed by atoms with Crippen molar-refractivity contribution in [3.63, 3.8) is 0 Å². The van der Waals surface area contributed by atoms with Crippen LogP contribution in [-0.2, 0) is 14.9 Å². The smallest absolute Gasteiger partial charge is 0.317 e. The third kappa shape index (κ3) is 2.51. The van der Waals surface area contributed by atoms with Crippen molar-refractivity contribution in [2.45, 2.75) is 26.2 Å². The molecule has 0 spiro atoms. The van der Waals surface area contributed by atoms with Gasteiger partial charge in [0.1, 0.15) is 16.1 Å². The van der Waals surface area contributed by atoms with E-state index in [4.69, 9.17) is 4.74 Å². The Morgan fingerprint density at radius 1 is 1.42 bits per heavy atom. The number of rotatable bonds is 3. The molecule has 0 radical (unpaired) electrons. The normalized spacial score (nSPS) is 11.4. The maximum Gasteiger partial charge on any atom is 0.317 e. The van der Waals surface area contributed by atoms with Crippen molar-refractivity contribution in [1.82, 2.24) is 9.97 Å². The summed E-state index contributed by atoms with van der Waals surface area (Å²) in [5.41, 5.74) is 1.90. The number of aryl methyl sites for hydroxylation is 1. The number of esters is 1. The van der Waals surface area contributed by atoms with E-state index in [1.165, 1.54) is 18.4 Å². The number of aromatic nitrogens is 2. The number of hydrogen-bond donors (Lipinski definition) is 0. The Bertz CT molecular complexity index is 605. The maximum absolute atomic E-state index is 11.8. The Morgan fingerprint density at radius 2 is 2.16 bits per heavy atom. The number of carbonyl (C=O) groups is 1. The van der Waals surface area contributed by atoms with Crippen LogP contribution in [0, 0.1) is 6.92 Å². The van der Waals surface area contributed by atoms with Gasteiger partial charge in [0.15, 0.2) is 0 Å². The van der Waals surface area contributed by atoms with Gasteiger partial charge in [-0.1, -0.05) is 6.07 Å². The van der Waals surface area contributed by atoms with Gasteiger partial charge in [-0.3, -0.25) is 9.78 Å². The second-order valence-corrected chi connectivity index (χ2v) is 5.68. The first kappa shape index (κ1) is 13.7. The largest absolute Gasteiger partial charge is 0.468 e. The van der Waals surface area contributed by atoms with E-state index in [1.807, 2.05) is 38.3 Å². The molecule has 2 heterocycles. The van der Waals surface area contributed by atoms with Gasteiger partial charge in [-0.2, -0.15) is 0 Å². The summed E-state index contributed by atoms with van der Waals surface area (Å²) in [6, 6.07) is 3.89. The van der Waals surface area contributed by atoms with E-state index in [9.17, 15) is 4.79 Å². The zero-order valence-corrected chi connectivity index (χ0v) is 12.2. The molecule has 0 aliphatic heterocycles. The van der Waals surface area contributed by atoms with E-state index in [0.717, 1.165) is 16.3 Å². The Hall–Kier alpha value is -1.75. The lowest BCUT2D eigenvalue weighted by Gasteiger charge is -2.18. The minimum absolute atomic E-state index is 0.290. The van der Waals surface area contributed by atoms with Gasteiger partial charge >= 0.3 is 5.97 Å². The van der Waals surface area contributed by atoms with Gasteiger partial charge < -0.3 is 4.74 Å². The Kier molecular flexibility index (Phi) is 3.66. The van der Waals surface area contributed by atoms with Crippen molar-refractivity contribution in [2.24, 2.45) is 0 Å². The topological polar surface area (TPSA) is 52.1 Å². The number of hydrogen-bond acceptors (Lipinski definition) is 5. The van der Waals surface area contributed by atoms with E-state index < -0.39 is 5.41 Å². The summed E-state index contributed by atoms with van der Waals surface area (Å²) >= 11 is 1.49. The highest BCUT2D eigenvalue weighted by molar-refractivity contribution is 7.13. The van der Waals surface area contributed by atoms with E-state index >= 15 is 0 Å². The number of ether oxygens (including phenoxy) is 1. The molecule has 100 valence electrons. The predicted octanol–water partition coefficient (Wildman–Crippen LogP) is 2.96. The molecule has 2 aromatic heterocycles. The van der Waals surface area contributed by atoms with Crippen LogP contribution in [0.15, 0.2) is 23.7 Å². The van der Waals surface area contributed by atoms with E-state index in [1.54, 1.807) is 6.20 Å². The molecule has 0 amide bonds. The number of carbonyl (C=O) groups excluding carboxylic acids is 1. The van der Waals surface area contributed by atoms with Gasteiger partial charge in [-0.15, -0.1) is 11.3 Å². The molecule has 0 fully saturated rings. The minimum Gasteiger partial charge on any atom is -0.468 e. The van der Waals surface area contributed by atoms with Crippen LogP contribution in [0.25, 0.3) is 10.7 Å². The van der Waals surface area contributed by atoms with Crippen LogP contribution < -0.4 is 0 Å². The minimum atomic E-state index is -0.744. The molecule has 19 heavy (non-hydrogen) atoms. The third-order valence-corrected chi connectivity index (χ3v) is 3.90. The van der Waals surface area contributed by atoms with E-state index in [-0.39, 0.29) is 5.97 Å². The van der Waals surface area contributed by atoms with Crippen LogP contribution in [0.1, 0.15) is 25.1 Å². The van der Waals surface area contributed by atoms with Crippen molar-refractivity contribution in [2.75, 3.05) is 7.11 Å². The molecular weight excluding hydrogens is 260 g/mol. The maximum atomic E-state index is 11.8. The molecule has 4 nitrogen and oxygen atoms in total. The van der Waals surface area contributed by atoms with Crippen molar-refractivity contribution < 1.29 is 9.53 Å². The first-order chi connectivity index (χ1) is 8.96. The average molecular weight is 276 g/mol. The summed E-state index contributed by atoms with van der Waals surface area (Å²) in [5.74, 6) is -0.290. The number of thiazole rings is 1. The highest BCUT2D eigenvalue weighted by Gasteiger charge is 2.33. The van der Waals surface area contributed by atoms with Crippen LogP contribution in [0.5, 0.6) is 0 Å². The monoisotopic (exact) mass is 276 g/mol. The highest BCUT2D eigenvalue weighted by Crippen LogP contribution is 2.31. The fourth-order valence-electron chi connectivity index (χ4n) is 1.74. The Labute approximate surface area is 116 Å². The van der Waals surface area contributed by atoms with Crippen LogP contribution in [0.4, 0.5) is 0 Å². The number of pyridine rings is 1. The van der Waals surface area contributed by atoms with Gasteiger partial charge in [0.2, 0.25) is 0 Å². The van der Waals surface area contributed by atoms with Gasteiger partial charge in [0.05, 0.1) is 12.8 Å². The van der Waals surface area contributed by atoms with Crippen molar-refractivity contribution in [3.8, 4) is 10.7 Å². The SMILES string of the molecule is COC(=O)C(C)(C)c1csc(-c2ncccc2C)n1. The zero-order chi connectivity index (χ0) is 14.0. The lowest BCUT2D eigenvalue weighted by Crippen LogP contribution is -2.30. The second kappa shape index (κ2) is 5.09. The van der Waals surface area contributed by atoms with Gasteiger partial charge in [0.25, 0.3) is 0 Å². The molecule has 0 bridgehead atoms. The van der Waals surface area contributed by atoms with Gasteiger partial charge in [0, 0.05) is 11.6 Å². The summed E-state index contributed by atoms with van der Waals surface area (Å²) in [6.07, 6.45) is 1.74. The molecular formula is C14H16N2O2S. The average Bonchev–Trinajstić information content (AvgIpc) is 2.88. The molecule has 0 N–H and O–H groups in total. The number of methoxy groups -OCH3 is 1. The summed E-state index contributed by atoms with van der Waals surface area (Å²) in [7, 11) is 1.39. The Morgan fingerprint density at radius 3 is 2.79 bits per heavy atom.